The Morgan fingerprint density at radius 2 is 1.87 bits per heavy atom. The monoisotopic (exact) mass is 464 g/mol. The molecule has 0 spiro atoms. The molecule has 0 unspecified atom stereocenters. The number of hydrogen-bond acceptors (Lipinski definition) is 6. The van der Waals surface area contributed by atoms with Crippen molar-refractivity contribution in [1.82, 2.24) is 9.78 Å². The summed E-state index contributed by atoms with van der Waals surface area (Å²) >= 11 is 5.90. The minimum Gasteiger partial charge on any atom is -0.381 e. The summed E-state index contributed by atoms with van der Waals surface area (Å²) in [5.74, 6) is 0. The van der Waals surface area contributed by atoms with Gasteiger partial charge in [-0.1, -0.05) is 29.8 Å². The van der Waals surface area contributed by atoms with Crippen LogP contribution in [0.2, 0.25) is 5.02 Å². The molecular weight excluding hydrogens is 440 g/mol. The quantitative estimate of drug-likeness (QED) is 0.558. The first-order chi connectivity index (χ1) is 14.8. The van der Waals surface area contributed by atoms with Crippen molar-refractivity contribution in [1.29, 1.82) is 0 Å². The van der Waals surface area contributed by atoms with Crippen LogP contribution in [0.5, 0.6) is 0 Å². The van der Waals surface area contributed by atoms with Crippen LogP contribution in [0.4, 0.5) is 11.4 Å². The molecule has 3 aromatic rings. The molecule has 2 aromatic carbocycles. The topological polar surface area (TPSA) is 96.7 Å². The maximum Gasteiger partial charge on any atom is 0.297 e. The Bertz CT molecular complexity index is 1080. The molecule has 0 amide bonds. The van der Waals surface area contributed by atoms with Crippen molar-refractivity contribution in [2.45, 2.75) is 11.4 Å². The molecule has 0 aliphatic carbocycles. The first-order valence-electron chi connectivity index (χ1n) is 9.68. The Morgan fingerprint density at radius 1 is 1.16 bits per heavy atom. The summed E-state index contributed by atoms with van der Waals surface area (Å²) < 4.78 is 35.8. The number of nitrogens with one attached hydrogen (secondary N) is 1. The minimum absolute atomic E-state index is 0.185. The van der Waals surface area contributed by atoms with Crippen LogP contribution in [0.1, 0.15) is 5.56 Å². The SMILES string of the molecule is Clc1ccc(CNc2cccc(N3CCOCC3)c2)cc1.Cn1cc(S(=O)(=O)O)cn1. The Kier molecular flexibility index (Phi) is 7.91. The number of rotatable bonds is 5. The van der Waals surface area contributed by atoms with Gasteiger partial charge in [0.1, 0.15) is 4.90 Å². The zero-order valence-corrected chi connectivity index (χ0v) is 18.7. The normalized spacial score (nSPS) is 14.0. The van der Waals surface area contributed by atoms with Gasteiger partial charge in [0, 0.05) is 49.3 Å². The van der Waals surface area contributed by atoms with E-state index in [1.54, 1.807) is 7.05 Å². The minimum atomic E-state index is -4.07. The van der Waals surface area contributed by atoms with E-state index < -0.39 is 10.1 Å². The van der Waals surface area contributed by atoms with Crippen molar-refractivity contribution >= 4 is 33.1 Å². The van der Waals surface area contributed by atoms with Gasteiger partial charge in [-0.2, -0.15) is 13.5 Å². The highest BCUT2D eigenvalue weighted by atomic mass is 35.5. The van der Waals surface area contributed by atoms with Gasteiger partial charge in [0.15, 0.2) is 0 Å². The van der Waals surface area contributed by atoms with Gasteiger partial charge in [-0.15, -0.1) is 0 Å². The molecule has 1 aliphatic heterocycles. The number of hydrogen-bond donors (Lipinski definition) is 2. The van der Waals surface area contributed by atoms with Gasteiger partial charge in [0.25, 0.3) is 10.1 Å². The van der Waals surface area contributed by atoms with Crippen LogP contribution in [0.25, 0.3) is 0 Å². The number of anilines is 2. The zero-order chi connectivity index (χ0) is 22.3. The standard InChI is InChI=1S/C17H19ClN2O.C4H6N2O3S/c18-15-6-4-14(5-7-15)13-19-16-2-1-3-17(12-16)20-8-10-21-11-9-20;1-6-3-4(2-5-6)10(7,8)9/h1-7,12,19H,8-11,13H2;2-3H,1H3,(H,7,8,9). The number of morpholine rings is 1. The smallest absolute Gasteiger partial charge is 0.297 e. The number of nitrogens with zero attached hydrogens (tertiary/aromatic N) is 3. The van der Waals surface area contributed by atoms with E-state index in [-0.39, 0.29) is 4.90 Å². The van der Waals surface area contributed by atoms with E-state index in [2.05, 4.69) is 39.6 Å². The average molecular weight is 465 g/mol. The van der Waals surface area contributed by atoms with E-state index in [1.165, 1.54) is 22.1 Å². The molecule has 2 heterocycles. The molecule has 0 radical (unpaired) electrons. The van der Waals surface area contributed by atoms with Gasteiger partial charge in [-0.25, -0.2) is 0 Å². The third-order valence-electron chi connectivity index (χ3n) is 4.61. The lowest BCUT2D eigenvalue weighted by Gasteiger charge is -2.29. The van der Waals surface area contributed by atoms with Crippen molar-refractivity contribution < 1.29 is 17.7 Å². The lowest BCUT2D eigenvalue weighted by molar-refractivity contribution is 0.122. The molecule has 1 aliphatic rings. The van der Waals surface area contributed by atoms with Crippen molar-refractivity contribution in [3.63, 3.8) is 0 Å². The zero-order valence-electron chi connectivity index (χ0n) is 17.1. The van der Waals surface area contributed by atoms with Gasteiger partial charge in [-0.05, 0) is 35.9 Å². The summed E-state index contributed by atoms with van der Waals surface area (Å²) in [6.45, 7) is 4.33. The molecule has 0 atom stereocenters. The maximum atomic E-state index is 10.3. The molecule has 4 rings (SSSR count). The predicted octanol–water partition coefficient (Wildman–Crippen LogP) is 3.46. The van der Waals surface area contributed by atoms with E-state index in [9.17, 15) is 8.42 Å². The lowest BCUT2D eigenvalue weighted by Crippen LogP contribution is -2.36. The second-order valence-electron chi connectivity index (χ2n) is 6.95. The Hall–Kier alpha value is -2.59. The molecule has 166 valence electrons. The Balaban J connectivity index is 0.000000229. The summed E-state index contributed by atoms with van der Waals surface area (Å²) in [6.07, 6.45) is 2.30. The van der Waals surface area contributed by atoms with E-state index in [0.717, 1.165) is 49.8 Å². The van der Waals surface area contributed by atoms with Gasteiger partial charge >= 0.3 is 0 Å². The third kappa shape index (κ3) is 7.25. The lowest BCUT2D eigenvalue weighted by atomic mass is 10.2. The Labute approximate surface area is 187 Å². The number of aromatic nitrogens is 2. The fourth-order valence-electron chi connectivity index (χ4n) is 2.97. The number of aryl methyl sites for hydroxylation is 1. The van der Waals surface area contributed by atoms with Gasteiger partial charge in [-0.3, -0.25) is 9.23 Å². The summed E-state index contributed by atoms with van der Waals surface area (Å²) in [7, 11) is -2.50. The highest BCUT2D eigenvalue weighted by molar-refractivity contribution is 7.85. The maximum absolute atomic E-state index is 10.3. The summed E-state index contributed by atoms with van der Waals surface area (Å²) in [6, 6.07) is 16.5. The molecule has 10 heteroatoms. The highest BCUT2D eigenvalue weighted by Crippen LogP contribution is 2.21. The molecule has 0 saturated carbocycles. The van der Waals surface area contributed by atoms with Crippen molar-refractivity contribution in [3.05, 3.63) is 71.5 Å². The molecule has 1 fully saturated rings. The molecule has 1 aromatic heterocycles. The van der Waals surface area contributed by atoms with Crippen molar-refractivity contribution in [3.8, 4) is 0 Å². The van der Waals surface area contributed by atoms with Crippen LogP contribution in [0, 0.1) is 0 Å². The Morgan fingerprint density at radius 3 is 2.45 bits per heavy atom. The van der Waals surface area contributed by atoms with E-state index in [0.29, 0.717) is 0 Å². The molecule has 8 nitrogen and oxygen atoms in total. The van der Waals surface area contributed by atoms with E-state index in [4.69, 9.17) is 20.9 Å². The van der Waals surface area contributed by atoms with Crippen molar-refractivity contribution in [2.24, 2.45) is 7.05 Å². The van der Waals surface area contributed by atoms with Gasteiger partial charge in [0.05, 0.1) is 19.4 Å². The van der Waals surface area contributed by atoms with Gasteiger partial charge < -0.3 is 15.0 Å². The van der Waals surface area contributed by atoms with Crippen LogP contribution in [0.15, 0.2) is 65.8 Å². The predicted molar refractivity (Wildman–Crippen MR) is 121 cm³/mol. The van der Waals surface area contributed by atoms with E-state index in [1.807, 2.05) is 24.3 Å². The summed E-state index contributed by atoms with van der Waals surface area (Å²) in [5.41, 5.74) is 3.60. The number of halogens is 1. The molecule has 1 saturated heterocycles. The van der Waals surface area contributed by atoms with Gasteiger partial charge in [0.2, 0.25) is 0 Å². The summed E-state index contributed by atoms with van der Waals surface area (Å²) in [5, 5.41) is 7.79. The van der Waals surface area contributed by atoms with Crippen LogP contribution in [0.3, 0.4) is 0 Å². The van der Waals surface area contributed by atoms with Crippen LogP contribution >= 0.6 is 11.6 Å². The fourth-order valence-corrected chi connectivity index (χ4v) is 3.56. The summed E-state index contributed by atoms with van der Waals surface area (Å²) in [4.78, 5) is 2.17. The van der Waals surface area contributed by atoms with Crippen LogP contribution in [-0.2, 0) is 28.4 Å². The van der Waals surface area contributed by atoms with Crippen LogP contribution in [-0.4, -0.2) is 49.1 Å². The fraction of sp³-hybridized carbons (Fsp3) is 0.286. The van der Waals surface area contributed by atoms with Crippen molar-refractivity contribution in [2.75, 3.05) is 36.5 Å². The number of ether oxygens (including phenoxy) is 1. The molecule has 31 heavy (non-hydrogen) atoms. The first-order valence-corrected chi connectivity index (χ1v) is 11.5. The van der Waals surface area contributed by atoms with Crippen LogP contribution < -0.4 is 10.2 Å². The average Bonchev–Trinajstić information content (AvgIpc) is 3.22. The first kappa shape index (κ1) is 23.1. The largest absolute Gasteiger partial charge is 0.381 e. The molecular formula is C21H25ClN4O4S. The second kappa shape index (κ2) is 10.6. The van der Waals surface area contributed by atoms with E-state index >= 15 is 0 Å². The number of benzene rings is 2. The molecule has 2 N–H and O–H groups in total. The molecule has 0 bridgehead atoms. The highest BCUT2D eigenvalue weighted by Gasteiger charge is 2.11. The third-order valence-corrected chi connectivity index (χ3v) is 5.67. The second-order valence-corrected chi connectivity index (χ2v) is 8.81.